The van der Waals surface area contributed by atoms with Crippen molar-refractivity contribution in [1.29, 1.82) is 5.26 Å². The molecule has 0 saturated carbocycles. The molecule has 0 amide bonds. The average Bonchev–Trinajstić information content (AvgIpc) is 2.30. The van der Waals surface area contributed by atoms with Crippen molar-refractivity contribution in [1.82, 2.24) is 4.98 Å². The van der Waals surface area contributed by atoms with Crippen LogP contribution in [0.1, 0.15) is 5.56 Å². The fraction of sp³-hybridized carbons (Fsp3) is 0. The number of nitrogens with two attached hydrogens (primary N) is 1. The van der Waals surface area contributed by atoms with Crippen LogP contribution in [0.5, 0.6) is 0 Å². The number of halogens is 2. The summed E-state index contributed by atoms with van der Waals surface area (Å²) in [5.74, 6) is 0.235. The van der Waals surface area contributed by atoms with E-state index in [1.807, 2.05) is 0 Å². The van der Waals surface area contributed by atoms with E-state index in [0.29, 0.717) is 26.7 Å². The Morgan fingerprint density at radius 1 is 1.12 bits per heavy atom. The highest BCUT2D eigenvalue weighted by Gasteiger charge is 2.15. The molecule has 2 N–H and O–H groups in total. The first-order chi connectivity index (χ1) is 8.15. The molecule has 0 radical (unpaired) electrons. The molecule has 2 aromatic rings. The van der Waals surface area contributed by atoms with E-state index in [2.05, 4.69) is 11.1 Å². The van der Waals surface area contributed by atoms with Gasteiger partial charge in [-0.25, -0.2) is 4.98 Å². The first kappa shape index (κ1) is 11.7. The molecular weight excluding hydrogens is 257 g/mol. The monoisotopic (exact) mass is 263 g/mol. The van der Waals surface area contributed by atoms with Crippen molar-refractivity contribution >= 4 is 29.0 Å². The Kier molecular flexibility index (Phi) is 3.19. The van der Waals surface area contributed by atoms with Crippen LogP contribution >= 0.6 is 23.2 Å². The van der Waals surface area contributed by atoms with Crippen molar-refractivity contribution in [2.45, 2.75) is 0 Å². The van der Waals surface area contributed by atoms with Crippen molar-refractivity contribution < 1.29 is 0 Å². The quantitative estimate of drug-likeness (QED) is 0.857. The van der Waals surface area contributed by atoms with Crippen LogP contribution < -0.4 is 5.73 Å². The second-order valence-electron chi connectivity index (χ2n) is 3.33. The van der Waals surface area contributed by atoms with E-state index in [-0.39, 0.29) is 5.82 Å². The predicted molar refractivity (Wildman–Crippen MR) is 68.8 cm³/mol. The molecule has 17 heavy (non-hydrogen) atoms. The number of rotatable bonds is 1. The smallest absolute Gasteiger partial charge is 0.132 e. The SMILES string of the molecule is N#Cc1ccnc(N)c1-c1c(Cl)cccc1Cl. The first-order valence-electron chi connectivity index (χ1n) is 4.74. The average molecular weight is 264 g/mol. The van der Waals surface area contributed by atoms with E-state index in [1.54, 1.807) is 24.3 Å². The lowest BCUT2D eigenvalue weighted by atomic mass is 10.0. The highest BCUT2D eigenvalue weighted by molar-refractivity contribution is 6.39. The molecule has 1 aromatic carbocycles. The molecule has 0 bridgehead atoms. The number of hydrogen-bond donors (Lipinski definition) is 1. The van der Waals surface area contributed by atoms with Gasteiger partial charge < -0.3 is 5.73 Å². The van der Waals surface area contributed by atoms with Crippen LogP contribution in [-0.2, 0) is 0 Å². The summed E-state index contributed by atoms with van der Waals surface area (Å²) >= 11 is 12.2. The van der Waals surface area contributed by atoms with Crippen LogP contribution in [0.15, 0.2) is 30.5 Å². The number of aromatic nitrogens is 1. The maximum Gasteiger partial charge on any atom is 0.132 e. The van der Waals surface area contributed by atoms with Gasteiger partial charge in [0.1, 0.15) is 5.82 Å². The van der Waals surface area contributed by atoms with Crippen LogP contribution in [0.2, 0.25) is 10.0 Å². The van der Waals surface area contributed by atoms with Gasteiger partial charge in [0.2, 0.25) is 0 Å². The minimum atomic E-state index is 0.235. The number of anilines is 1. The van der Waals surface area contributed by atoms with E-state index < -0.39 is 0 Å². The van der Waals surface area contributed by atoms with E-state index in [0.717, 1.165) is 0 Å². The Bertz CT molecular complexity index is 597. The van der Waals surface area contributed by atoms with Gasteiger partial charge in [-0.15, -0.1) is 0 Å². The third kappa shape index (κ3) is 2.05. The zero-order valence-corrected chi connectivity index (χ0v) is 10.1. The molecule has 2 rings (SSSR count). The summed E-state index contributed by atoms with van der Waals surface area (Å²) in [5, 5.41) is 9.94. The Morgan fingerprint density at radius 3 is 2.35 bits per heavy atom. The number of nitrogen functional groups attached to an aromatic ring is 1. The molecule has 0 aliphatic rings. The Balaban J connectivity index is 2.82. The molecule has 0 atom stereocenters. The van der Waals surface area contributed by atoms with Crippen molar-refractivity contribution in [2.75, 3.05) is 5.73 Å². The van der Waals surface area contributed by atoms with Gasteiger partial charge >= 0.3 is 0 Å². The largest absolute Gasteiger partial charge is 0.383 e. The maximum atomic E-state index is 9.07. The van der Waals surface area contributed by atoms with Crippen LogP contribution in [0.4, 0.5) is 5.82 Å². The molecular formula is C12H7Cl2N3. The zero-order chi connectivity index (χ0) is 12.4. The molecule has 1 heterocycles. The Hall–Kier alpha value is -1.76. The highest BCUT2D eigenvalue weighted by Crippen LogP contribution is 2.38. The van der Waals surface area contributed by atoms with Gasteiger partial charge in [-0.3, -0.25) is 0 Å². The molecule has 5 heteroatoms. The lowest BCUT2D eigenvalue weighted by molar-refractivity contribution is 1.32. The van der Waals surface area contributed by atoms with Gasteiger partial charge in [0.15, 0.2) is 0 Å². The third-order valence-electron chi connectivity index (χ3n) is 2.31. The van der Waals surface area contributed by atoms with Gasteiger partial charge in [-0.2, -0.15) is 5.26 Å². The fourth-order valence-electron chi connectivity index (χ4n) is 1.57. The minimum Gasteiger partial charge on any atom is -0.383 e. The van der Waals surface area contributed by atoms with Gasteiger partial charge in [0, 0.05) is 17.3 Å². The normalized spacial score (nSPS) is 9.94. The molecule has 0 aliphatic carbocycles. The summed E-state index contributed by atoms with van der Waals surface area (Å²) < 4.78 is 0. The van der Waals surface area contributed by atoms with Gasteiger partial charge in [0.25, 0.3) is 0 Å². The maximum absolute atomic E-state index is 9.07. The summed E-state index contributed by atoms with van der Waals surface area (Å²) in [6.45, 7) is 0. The zero-order valence-electron chi connectivity index (χ0n) is 8.61. The van der Waals surface area contributed by atoms with E-state index in [4.69, 9.17) is 34.2 Å². The van der Waals surface area contributed by atoms with E-state index in [9.17, 15) is 0 Å². The lowest BCUT2D eigenvalue weighted by Crippen LogP contribution is -1.97. The molecule has 0 unspecified atom stereocenters. The number of nitrogens with zero attached hydrogens (tertiary/aromatic N) is 2. The molecule has 0 fully saturated rings. The molecule has 0 saturated heterocycles. The van der Waals surface area contributed by atoms with Crippen LogP contribution in [0, 0.1) is 11.3 Å². The van der Waals surface area contributed by atoms with Crippen LogP contribution in [0.3, 0.4) is 0 Å². The van der Waals surface area contributed by atoms with E-state index in [1.165, 1.54) is 6.20 Å². The molecule has 0 aliphatic heterocycles. The second-order valence-corrected chi connectivity index (χ2v) is 4.14. The standard InChI is InChI=1S/C12H7Cl2N3/c13-8-2-1-3-9(14)11(8)10-7(6-15)4-5-17-12(10)16/h1-5H,(H2,16,17). The van der Waals surface area contributed by atoms with Crippen LogP contribution in [0.25, 0.3) is 11.1 Å². The summed E-state index contributed by atoms with van der Waals surface area (Å²) in [5.41, 5.74) is 7.20. The Morgan fingerprint density at radius 2 is 1.76 bits per heavy atom. The highest BCUT2D eigenvalue weighted by atomic mass is 35.5. The van der Waals surface area contributed by atoms with Gasteiger partial charge in [0.05, 0.1) is 21.7 Å². The van der Waals surface area contributed by atoms with E-state index >= 15 is 0 Å². The van der Waals surface area contributed by atoms with Crippen molar-refractivity contribution in [3.8, 4) is 17.2 Å². The Labute approximate surface area is 108 Å². The molecule has 1 aromatic heterocycles. The third-order valence-corrected chi connectivity index (χ3v) is 2.94. The predicted octanol–water partition coefficient (Wildman–Crippen LogP) is 3.51. The number of pyridine rings is 1. The van der Waals surface area contributed by atoms with Crippen LogP contribution in [-0.4, -0.2) is 4.98 Å². The summed E-state index contributed by atoms with van der Waals surface area (Å²) in [7, 11) is 0. The second kappa shape index (κ2) is 4.62. The number of benzene rings is 1. The summed E-state index contributed by atoms with van der Waals surface area (Å²) in [6, 6.07) is 8.74. The van der Waals surface area contributed by atoms with Crippen molar-refractivity contribution in [3.63, 3.8) is 0 Å². The molecule has 84 valence electrons. The fourth-order valence-corrected chi connectivity index (χ4v) is 2.16. The molecule has 0 spiro atoms. The topological polar surface area (TPSA) is 62.7 Å². The number of hydrogen-bond acceptors (Lipinski definition) is 3. The lowest BCUT2D eigenvalue weighted by Gasteiger charge is -2.10. The first-order valence-corrected chi connectivity index (χ1v) is 5.49. The molecule has 3 nitrogen and oxygen atoms in total. The summed E-state index contributed by atoms with van der Waals surface area (Å²) in [4.78, 5) is 3.96. The number of nitriles is 1. The minimum absolute atomic E-state index is 0.235. The van der Waals surface area contributed by atoms with Gasteiger partial charge in [-0.05, 0) is 18.2 Å². The summed E-state index contributed by atoms with van der Waals surface area (Å²) in [6.07, 6.45) is 1.47. The van der Waals surface area contributed by atoms with Gasteiger partial charge in [-0.1, -0.05) is 29.3 Å². The van der Waals surface area contributed by atoms with Crippen molar-refractivity contribution in [3.05, 3.63) is 46.1 Å². The van der Waals surface area contributed by atoms with Crippen molar-refractivity contribution in [2.24, 2.45) is 0 Å².